The highest BCUT2D eigenvalue weighted by molar-refractivity contribution is 6.31. The highest BCUT2D eigenvalue weighted by Crippen LogP contribution is 2.38. The van der Waals surface area contributed by atoms with Crippen LogP contribution in [0.3, 0.4) is 0 Å². The topological polar surface area (TPSA) is 74.1 Å². The van der Waals surface area contributed by atoms with E-state index < -0.39 is 6.23 Å². The summed E-state index contributed by atoms with van der Waals surface area (Å²) in [6.45, 7) is 0.580. The lowest BCUT2D eigenvalue weighted by atomic mass is 10.00. The molecule has 0 saturated carbocycles. The molecule has 1 atom stereocenters. The Bertz CT molecular complexity index is 856. The number of hydrogen-bond donors (Lipinski definition) is 4. The van der Waals surface area contributed by atoms with Gasteiger partial charge in [-0.1, -0.05) is 17.7 Å². The van der Waals surface area contributed by atoms with Gasteiger partial charge in [0, 0.05) is 45.0 Å². The second kappa shape index (κ2) is 4.49. The zero-order chi connectivity index (χ0) is 14.6. The molecular weight excluding hydrogens is 286 g/mol. The minimum atomic E-state index is -0.690. The van der Waals surface area contributed by atoms with Crippen molar-refractivity contribution < 1.29 is 5.11 Å². The fourth-order valence-corrected chi connectivity index (χ4v) is 3.19. The van der Waals surface area contributed by atoms with E-state index in [4.69, 9.17) is 17.3 Å². The highest BCUT2D eigenvalue weighted by Gasteiger charge is 2.26. The molecule has 5 N–H and O–H groups in total. The van der Waals surface area contributed by atoms with Gasteiger partial charge in [-0.05, 0) is 35.9 Å². The number of benzene rings is 2. The Morgan fingerprint density at radius 3 is 2.90 bits per heavy atom. The van der Waals surface area contributed by atoms with Crippen LogP contribution in [0.15, 0.2) is 36.4 Å². The zero-order valence-electron chi connectivity index (χ0n) is 11.2. The van der Waals surface area contributed by atoms with Crippen LogP contribution < -0.4 is 11.1 Å². The standard InChI is InChI=1S/C16H14ClN3O/c17-12-3-2-10(15-11(12)7-19-16(15)21)14-6-8-5-9(18)1-4-13(8)20-14/h1-6,16,19-21H,7,18H2. The quantitative estimate of drug-likeness (QED) is 0.521. The molecule has 0 bridgehead atoms. The van der Waals surface area contributed by atoms with Crippen molar-refractivity contribution in [2.45, 2.75) is 12.8 Å². The van der Waals surface area contributed by atoms with E-state index in [1.54, 1.807) is 0 Å². The predicted molar refractivity (Wildman–Crippen MR) is 85.0 cm³/mol. The van der Waals surface area contributed by atoms with Crippen molar-refractivity contribution in [3.8, 4) is 11.3 Å². The third-order valence-electron chi connectivity index (χ3n) is 3.98. The lowest BCUT2D eigenvalue weighted by Crippen LogP contribution is -2.10. The molecule has 1 aliphatic heterocycles. The minimum absolute atomic E-state index is 0.580. The van der Waals surface area contributed by atoms with Crippen LogP contribution in [-0.4, -0.2) is 10.1 Å². The van der Waals surface area contributed by atoms with Gasteiger partial charge in [0.25, 0.3) is 0 Å². The Kier molecular flexibility index (Phi) is 2.72. The smallest absolute Gasteiger partial charge is 0.132 e. The summed E-state index contributed by atoms with van der Waals surface area (Å²) in [6.07, 6.45) is -0.690. The molecule has 3 aromatic rings. The van der Waals surface area contributed by atoms with E-state index in [0.717, 1.165) is 39.0 Å². The van der Waals surface area contributed by atoms with E-state index in [-0.39, 0.29) is 0 Å². The number of H-pyrrole nitrogens is 1. The fourth-order valence-electron chi connectivity index (χ4n) is 2.96. The van der Waals surface area contributed by atoms with E-state index >= 15 is 0 Å². The number of nitrogen functional groups attached to an aromatic ring is 1. The molecule has 4 nitrogen and oxygen atoms in total. The Hall–Kier alpha value is -2.01. The normalized spacial score (nSPS) is 17.3. The molecule has 0 saturated heterocycles. The molecule has 1 unspecified atom stereocenters. The Morgan fingerprint density at radius 2 is 2.05 bits per heavy atom. The Morgan fingerprint density at radius 1 is 1.19 bits per heavy atom. The molecule has 1 aromatic heterocycles. The molecule has 5 heteroatoms. The Balaban J connectivity index is 1.95. The summed E-state index contributed by atoms with van der Waals surface area (Å²) in [5.74, 6) is 0. The van der Waals surface area contributed by atoms with Gasteiger partial charge in [0.2, 0.25) is 0 Å². The van der Waals surface area contributed by atoms with Crippen molar-refractivity contribution in [1.82, 2.24) is 10.3 Å². The maximum Gasteiger partial charge on any atom is 0.132 e. The number of halogens is 1. The molecule has 106 valence electrons. The first-order valence-electron chi connectivity index (χ1n) is 6.75. The van der Waals surface area contributed by atoms with Gasteiger partial charge < -0.3 is 15.8 Å². The van der Waals surface area contributed by atoms with E-state index in [2.05, 4.69) is 10.3 Å². The van der Waals surface area contributed by atoms with Gasteiger partial charge in [0.05, 0.1) is 0 Å². The molecule has 0 spiro atoms. The van der Waals surface area contributed by atoms with Gasteiger partial charge >= 0.3 is 0 Å². The van der Waals surface area contributed by atoms with E-state index in [1.165, 1.54) is 0 Å². The van der Waals surface area contributed by atoms with Crippen LogP contribution in [0.2, 0.25) is 5.02 Å². The molecule has 4 rings (SSSR count). The molecule has 0 radical (unpaired) electrons. The summed E-state index contributed by atoms with van der Waals surface area (Å²) < 4.78 is 0. The van der Waals surface area contributed by atoms with Gasteiger partial charge in [-0.2, -0.15) is 0 Å². The zero-order valence-corrected chi connectivity index (χ0v) is 11.9. The number of rotatable bonds is 1. The van der Waals surface area contributed by atoms with Crippen molar-refractivity contribution in [3.63, 3.8) is 0 Å². The number of aliphatic hydroxyl groups is 1. The maximum atomic E-state index is 10.2. The average Bonchev–Trinajstić information content (AvgIpc) is 3.04. The van der Waals surface area contributed by atoms with Gasteiger partial charge in [-0.3, -0.25) is 5.32 Å². The maximum absolute atomic E-state index is 10.2. The summed E-state index contributed by atoms with van der Waals surface area (Å²) in [4.78, 5) is 3.37. The molecule has 2 aromatic carbocycles. The average molecular weight is 300 g/mol. The van der Waals surface area contributed by atoms with Crippen molar-refractivity contribution >= 4 is 28.2 Å². The lowest BCUT2D eigenvalue weighted by molar-refractivity contribution is 0.152. The number of nitrogens with two attached hydrogens (primary N) is 1. The van der Waals surface area contributed by atoms with Gasteiger partial charge in [0.1, 0.15) is 6.23 Å². The molecule has 2 heterocycles. The summed E-state index contributed by atoms with van der Waals surface area (Å²) in [5.41, 5.74) is 11.3. The number of aromatic amines is 1. The van der Waals surface area contributed by atoms with E-state index in [1.807, 2.05) is 36.4 Å². The van der Waals surface area contributed by atoms with Gasteiger partial charge in [-0.25, -0.2) is 0 Å². The number of nitrogens with one attached hydrogen (secondary N) is 2. The highest BCUT2D eigenvalue weighted by atomic mass is 35.5. The van der Waals surface area contributed by atoms with E-state index in [9.17, 15) is 5.11 Å². The monoisotopic (exact) mass is 299 g/mol. The molecule has 1 aliphatic rings. The fraction of sp³-hybridized carbons (Fsp3) is 0.125. The number of anilines is 1. The van der Waals surface area contributed by atoms with Crippen molar-refractivity contribution in [1.29, 1.82) is 0 Å². The third-order valence-corrected chi connectivity index (χ3v) is 4.33. The first-order valence-corrected chi connectivity index (χ1v) is 7.12. The van der Waals surface area contributed by atoms with Crippen LogP contribution in [0.4, 0.5) is 5.69 Å². The number of fused-ring (bicyclic) bond motifs is 2. The van der Waals surface area contributed by atoms with Crippen LogP contribution in [0.1, 0.15) is 17.4 Å². The number of aliphatic hydroxyl groups excluding tert-OH is 1. The second-order valence-electron chi connectivity index (χ2n) is 5.30. The van der Waals surface area contributed by atoms with Crippen LogP contribution in [0, 0.1) is 0 Å². The molecular formula is C16H14ClN3O. The molecule has 21 heavy (non-hydrogen) atoms. The minimum Gasteiger partial charge on any atom is -0.399 e. The van der Waals surface area contributed by atoms with Crippen LogP contribution in [-0.2, 0) is 6.54 Å². The molecule has 0 aliphatic carbocycles. The van der Waals surface area contributed by atoms with Crippen LogP contribution in [0.25, 0.3) is 22.2 Å². The second-order valence-corrected chi connectivity index (χ2v) is 5.71. The summed E-state index contributed by atoms with van der Waals surface area (Å²) in [7, 11) is 0. The molecule has 0 fully saturated rings. The largest absolute Gasteiger partial charge is 0.399 e. The summed E-state index contributed by atoms with van der Waals surface area (Å²) in [6, 6.07) is 11.6. The van der Waals surface area contributed by atoms with E-state index in [0.29, 0.717) is 11.6 Å². The van der Waals surface area contributed by atoms with Crippen molar-refractivity contribution in [2.24, 2.45) is 0 Å². The third kappa shape index (κ3) is 1.92. The van der Waals surface area contributed by atoms with Gasteiger partial charge in [0.15, 0.2) is 0 Å². The first-order chi connectivity index (χ1) is 10.1. The Labute approximate surface area is 126 Å². The van der Waals surface area contributed by atoms with Gasteiger partial charge in [-0.15, -0.1) is 0 Å². The van der Waals surface area contributed by atoms with Crippen molar-refractivity contribution in [2.75, 3.05) is 5.73 Å². The summed E-state index contributed by atoms with van der Waals surface area (Å²) >= 11 is 6.22. The van der Waals surface area contributed by atoms with Crippen molar-refractivity contribution in [3.05, 3.63) is 52.5 Å². The van der Waals surface area contributed by atoms with Crippen LogP contribution >= 0.6 is 11.6 Å². The number of hydrogen-bond acceptors (Lipinski definition) is 3. The predicted octanol–water partition coefficient (Wildman–Crippen LogP) is 3.16. The molecule has 0 amide bonds. The summed E-state index contributed by atoms with van der Waals surface area (Å²) in [5, 5.41) is 14.9. The SMILES string of the molecule is Nc1ccc2[nH]c(-c3ccc(Cl)c4c3C(O)NC4)cc2c1. The number of aromatic nitrogens is 1. The first kappa shape index (κ1) is 12.7. The lowest BCUT2D eigenvalue weighted by Gasteiger charge is -2.11. The van der Waals surface area contributed by atoms with Crippen LogP contribution in [0.5, 0.6) is 0 Å².